The van der Waals surface area contributed by atoms with Gasteiger partial charge in [0.15, 0.2) is 5.96 Å². The molecule has 3 unspecified atom stereocenters. The van der Waals surface area contributed by atoms with E-state index in [-0.39, 0.29) is 24.0 Å². The largest absolute Gasteiger partial charge is 0.494 e. The molecule has 2 rings (SSSR count). The van der Waals surface area contributed by atoms with Crippen molar-refractivity contribution in [3.8, 4) is 5.75 Å². The first-order chi connectivity index (χ1) is 12.6. The summed E-state index contributed by atoms with van der Waals surface area (Å²) in [5.41, 5.74) is 2.34. The maximum Gasteiger partial charge on any atom is 0.191 e. The van der Waals surface area contributed by atoms with E-state index in [2.05, 4.69) is 34.7 Å². The second-order valence-corrected chi connectivity index (χ2v) is 8.76. The molecule has 7 heteroatoms. The van der Waals surface area contributed by atoms with Crippen molar-refractivity contribution in [2.24, 2.45) is 4.99 Å². The summed E-state index contributed by atoms with van der Waals surface area (Å²) >= 11 is 0. The third-order valence-electron chi connectivity index (χ3n) is 4.85. The lowest BCUT2D eigenvalue weighted by Gasteiger charge is -2.30. The maximum absolute atomic E-state index is 12.1. The number of nitrogens with zero attached hydrogens (tertiary/aromatic N) is 1. The standard InChI is InChI=1S/C20H33N3O2S.HI/c1-5-25-19-11-10-16(12-15(19)3)14-22-20(21-4)23-17-8-7-9-18(13-17)26(24)6-2;/h10-12,17-18H,5-9,13-14H2,1-4H3,(H2,21,22,23);1H. The van der Waals surface area contributed by atoms with Gasteiger partial charge >= 0.3 is 0 Å². The molecular formula is C20H34IN3O2S. The zero-order chi connectivity index (χ0) is 18.9. The molecule has 3 atom stereocenters. The van der Waals surface area contributed by atoms with Crippen molar-refractivity contribution < 1.29 is 8.95 Å². The highest BCUT2D eigenvalue weighted by Gasteiger charge is 2.25. The second-order valence-electron chi connectivity index (χ2n) is 6.76. The number of hydrogen-bond donors (Lipinski definition) is 2. The van der Waals surface area contributed by atoms with Crippen LogP contribution in [-0.2, 0) is 17.3 Å². The van der Waals surface area contributed by atoms with Crippen molar-refractivity contribution in [2.45, 2.75) is 64.3 Å². The molecule has 154 valence electrons. The lowest BCUT2D eigenvalue weighted by atomic mass is 9.95. The molecule has 0 radical (unpaired) electrons. The van der Waals surface area contributed by atoms with Crippen molar-refractivity contribution in [1.82, 2.24) is 10.6 Å². The fourth-order valence-electron chi connectivity index (χ4n) is 3.46. The average Bonchev–Trinajstić information content (AvgIpc) is 2.66. The normalized spacial score (nSPS) is 21.1. The molecule has 0 spiro atoms. The minimum Gasteiger partial charge on any atom is -0.494 e. The third-order valence-corrected chi connectivity index (χ3v) is 6.59. The van der Waals surface area contributed by atoms with E-state index >= 15 is 0 Å². The van der Waals surface area contributed by atoms with E-state index in [1.807, 2.05) is 19.9 Å². The van der Waals surface area contributed by atoms with Crippen LogP contribution in [0.1, 0.15) is 50.7 Å². The Balaban J connectivity index is 0.00000364. The Morgan fingerprint density at radius 1 is 1.33 bits per heavy atom. The molecule has 0 saturated heterocycles. The zero-order valence-corrected chi connectivity index (χ0v) is 20.1. The second kappa shape index (κ2) is 12.6. The van der Waals surface area contributed by atoms with Crippen molar-refractivity contribution in [3.63, 3.8) is 0 Å². The van der Waals surface area contributed by atoms with Crippen molar-refractivity contribution in [1.29, 1.82) is 0 Å². The third kappa shape index (κ3) is 7.60. The molecule has 0 amide bonds. The molecule has 1 fully saturated rings. The highest BCUT2D eigenvalue weighted by atomic mass is 127. The van der Waals surface area contributed by atoms with Gasteiger partial charge in [-0.15, -0.1) is 24.0 Å². The number of guanidine groups is 1. The molecular weight excluding hydrogens is 473 g/mol. The van der Waals surface area contributed by atoms with Crippen LogP contribution in [0.15, 0.2) is 23.2 Å². The maximum atomic E-state index is 12.1. The first kappa shape index (κ1) is 24.2. The Labute approximate surface area is 183 Å². The Hall–Kier alpha value is -0.830. The smallest absolute Gasteiger partial charge is 0.191 e. The van der Waals surface area contributed by atoms with Gasteiger partial charge in [0.1, 0.15) is 5.75 Å². The molecule has 0 heterocycles. The molecule has 5 nitrogen and oxygen atoms in total. The van der Waals surface area contributed by atoms with Gasteiger partial charge < -0.3 is 15.4 Å². The lowest BCUT2D eigenvalue weighted by Crippen LogP contribution is -2.46. The Kier molecular flexibility index (Phi) is 11.3. The van der Waals surface area contributed by atoms with E-state index < -0.39 is 10.8 Å². The summed E-state index contributed by atoms with van der Waals surface area (Å²) in [4.78, 5) is 4.35. The van der Waals surface area contributed by atoms with Gasteiger partial charge in [-0.2, -0.15) is 0 Å². The molecule has 0 bridgehead atoms. The van der Waals surface area contributed by atoms with Crippen molar-refractivity contribution >= 4 is 40.7 Å². The van der Waals surface area contributed by atoms with Crippen LogP contribution in [0.25, 0.3) is 0 Å². The van der Waals surface area contributed by atoms with Crippen LogP contribution < -0.4 is 15.4 Å². The lowest BCUT2D eigenvalue weighted by molar-refractivity contribution is 0.338. The highest BCUT2D eigenvalue weighted by Crippen LogP contribution is 2.23. The van der Waals surface area contributed by atoms with E-state index in [0.29, 0.717) is 24.4 Å². The monoisotopic (exact) mass is 507 g/mol. The number of aliphatic imine (C=N–C) groups is 1. The van der Waals surface area contributed by atoms with Gasteiger partial charge in [0.2, 0.25) is 0 Å². The van der Waals surface area contributed by atoms with Gasteiger partial charge in [-0.25, -0.2) is 0 Å². The molecule has 1 aliphatic carbocycles. The molecule has 1 aromatic rings. The number of aryl methyl sites for hydroxylation is 1. The summed E-state index contributed by atoms with van der Waals surface area (Å²) in [7, 11) is 1.09. The number of rotatable bonds is 7. The van der Waals surface area contributed by atoms with Crippen LogP contribution in [0, 0.1) is 6.92 Å². The van der Waals surface area contributed by atoms with E-state index in [0.717, 1.165) is 48.7 Å². The summed E-state index contributed by atoms with van der Waals surface area (Å²) < 4.78 is 17.7. The molecule has 2 N–H and O–H groups in total. The molecule has 1 aliphatic rings. The van der Waals surface area contributed by atoms with Gasteiger partial charge in [0, 0.05) is 41.4 Å². The summed E-state index contributed by atoms with van der Waals surface area (Å²) in [5, 5.41) is 7.22. The van der Waals surface area contributed by atoms with Crippen molar-refractivity contribution in [3.05, 3.63) is 29.3 Å². The number of halogens is 1. The van der Waals surface area contributed by atoms with Crippen LogP contribution in [0.3, 0.4) is 0 Å². The Morgan fingerprint density at radius 3 is 2.74 bits per heavy atom. The summed E-state index contributed by atoms with van der Waals surface area (Å²) in [6, 6.07) is 6.60. The number of benzene rings is 1. The van der Waals surface area contributed by atoms with Crippen LogP contribution >= 0.6 is 24.0 Å². The van der Waals surface area contributed by atoms with Crippen LogP contribution in [0.2, 0.25) is 0 Å². The zero-order valence-electron chi connectivity index (χ0n) is 16.9. The molecule has 0 aliphatic heterocycles. The van der Waals surface area contributed by atoms with Gasteiger partial charge in [-0.05, 0) is 50.3 Å². The van der Waals surface area contributed by atoms with Gasteiger partial charge in [0.05, 0.1) is 6.61 Å². The van der Waals surface area contributed by atoms with Gasteiger partial charge in [-0.1, -0.05) is 25.5 Å². The summed E-state index contributed by atoms with van der Waals surface area (Å²) in [6.45, 7) is 7.46. The quantitative estimate of drug-likeness (QED) is 0.335. The highest BCUT2D eigenvalue weighted by molar-refractivity contribution is 14.0. The topological polar surface area (TPSA) is 62.7 Å². The fraction of sp³-hybridized carbons (Fsp3) is 0.650. The van der Waals surface area contributed by atoms with E-state index in [1.165, 1.54) is 5.56 Å². The number of nitrogens with one attached hydrogen (secondary N) is 2. The molecule has 1 aromatic carbocycles. The minimum atomic E-state index is -0.703. The van der Waals surface area contributed by atoms with Gasteiger partial charge in [-0.3, -0.25) is 9.20 Å². The van der Waals surface area contributed by atoms with Crippen molar-refractivity contribution in [2.75, 3.05) is 19.4 Å². The Bertz CT molecular complexity index is 640. The minimum absolute atomic E-state index is 0. The van der Waals surface area contributed by atoms with E-state index in [1.54, 1.807) is 7.05 Å². The van der Waals surface area contributed by atoms with E-state index in [4.69, 9.17) is 4.74 Å². The molecule has 1 saturated carbocycles. The molecule has 0 aromatic heterocycles. The van der Waals surface area contributed by atoms with E-state index in [9.17, 15) is 4.21 Å². The Morgan fingerprint density at radius 2 is 2.11 bits per heavy atom. The van der Waals surface area contributed by atoms with Gasteiger partial charge in [0.25, 0.3) is 0 Å². The first-order valence-corrected chi connectivity index (χ1v) is 11.0. The first-order valence-electron chi connectivity index (χ1n) is 9.64. The summed E-state index contributed by atoms with van der Waals surface area (Å²) in [6.07, 6.45) is 4.28. The molecule has 27 heavy (non-hydrogen) atoms. The van der Waals surface area contributed by atoms with Crippen LogP contribution in [-0.4, -0.2) is 40.9 Å². The fourth-order valence-corrected chi connectivity index (χ4v) is 4.81. The predicted molar refractivity (Wildman–Crippen MR) is 126 cm³/mol. The SMILES string of the molecule is CCOc1ccc(CNC(=NC)NC2CCCC(S(=O)CC)C2)cc1C.I. The summed E-state index contributed by atoms with van der Waals surface area (Å²) in [5.74, 6) is 2.50. The van der Waals surface area contributed by atoms with Crippen LogP contribution in [0.4, 0.5) is 0 Å². The van der Waals surface area contributed by atoms with Crippen LogP contribution in [0.5, 0.6) is 5.75 Å². The number of ether oxygens (including phenoxy) is 1. The number of hydrogen-bond acceptors (Lipinski definition) is 3. The average molecular weight is 507 g/mol. The predicted octanol–water partition coefficient (Wildman–Crippen LogP) is 3.76.